The van der Waals surface area contributed by atoms with Crippen molar-refractivity contribution in [2.24, 2.45) is 0 Å². The second kappa shape index (κ2) is 9.51. The number of rotatable bonds is 7. The fraction of sp³-hybridized carbons (Fsp3) is 0.192. The maximum atomic E-state index is 12.8. The summed E-state index contributed by atoms with van der Waals surface area (Å²) in [5.41, 5.74) is 2.29. The lowest BCUT2D eigenvalue weighted by molar-refractivity contribution is -0.137. The van der Waals surface area contributed by atoms with Gasteiger partial charge in [-0.1, -0.05) is 18.2 Å². The van der Waals surface area contributed by atoms with E-state index in [9.17, 15) is 18.0 Å². The minimum atomic E-state index is -4.42. The van der Waals surface area contributed by atoms with Crippen LogP contribution in [0.4, 0.5) is 18.9 Å². The van der Waals surface area contributed by atoms with Crippen LogP contribution in [-0.2, 0) is 23.9 Å². The average Bonchev–Trinajstić information content (AvgIpc) is 3.15. The summed E-state index contributed by atoms with van der Waals surface area (Å²) in [4.78, 5) is 12.7. The van der Waals surface area contributed by atoms with Gasteiger partial charge in [0.1, 0.15) is 11.5 Å². The van der Waals surface area contributed by atoms with Gasteiger partial charge in [0.2, 0.25) is 5.91 Å². The summed E-state index contributed by atoms with van der Waals surface area (Å²) in [7, 11) is 3.19. The Morgan fingerprint density at radius 3 is 2.21 bits per heavy atom. The van der Waals surface area contributed by atoms with Gasteiger partial charge in [0.25, 0.3) is 0 Å². The lowest BCUT2D eigenvalue weighted by Gasteiger charge is -2.10. The molecule has 1 aromatic heterocycles. The molecule has 0 unspecified atom stereocenters. The number of hydrogen-bond donors (Lipinski definition) is 1. The maximum Gasteiger partial charge on any atom is 0.416 e. The number of nitrogens with zero attached hydrogens (tertiary/aromatic N) is 1. The second-order valence-electron chi connectivity index (χ2n) is 7.82. The Kier molecular flexibility index (Phi) is 6.49. The molecule has 1 amide bonds. The lowest BCUT2D eigenvalue weighted by Crippen LogP contribution is -2.14. The molecule has 0 atom stereocenters. The van der Waals surface area contributed by atoms with E-state index in [0.717, 1.165) is 34.2 Å². The third kappa shape index (κ3) is 5.17. The standard InChI is InChI=1S/C26H23F3N2O3/c1-33-21-11-17(12-22(14-21)34-2)15-31-16-18(23-5-3-4-6-24(23)31)13-25(32)30-20-9-7-19(8-10-20)26(27,28)29/h3-12,14,16H,13,15H2,1-2H3,(H,30,32). The van der Waals surface area contributed by atoms with Crippen LogP contribution >= 0.6 is 0 Å². The molecule has 0 saturated carbocycles. The number of methoxy groups -OCH3 is 2. The highest BCUT2D eigenvalue weighted by Gasteiger charge is 2.30. The van der Waals surface area contributed by atoms with Gasteiger partial charge in [-0.2, -0.15) is 13.2 Å². The highest BCUT2D eigenvalue weighted by molar-refractivity contribution is 5.96. The number of amides is 1. The Hall–Kier alpha value is -3.94. The molecule has 4 rings (SSSR count). The van der Waals surface area contributed by atoms with Gasteiger partial charge in [0.05, 0.1) is 26.2 Å². The van der Waals surface area contributed by atoms with Crippen molar-refractivity contribution in [2.75, 3.05) is 19.5 Å². The molecule has 0 aliphatic carbocycles. The number of aromatic nitrogens is 1. The molecular formula is C26H23F3N2O3. The van der Waals surface area contributed by atoms with Gasteiger partial charge in [-0.25, -0.2) is 0 Å². The first kappa shape index (κ1) is 23.2. The lowest BCUT2D eigenvalue weighted by atomic mass is 10.1. The summed E-state index contributed by atoms with van der Waals surface area (Å²) < 4.78 is 51.0. The third-order valence-electron chi connectivity index (χ3n) is 5.48. The fourth-order valence-electron chi connectivity index (χ4n) is 3.87. The Bertz CT molecular complexity index is 1290. The first-order chi connectivity index (χ1) is 16.3. The molecule has 4 aromatic rings. The molecule has 34 heavy (non-hydrogen) atoms. The number of carbonyl (C=O) groups is 1. The van der Waals surface area contributed by atoms with Crippen molar-refractivity contribution in [1.29, 1.82) is 0 Å². The van der Waals surface area contributed by atoms with E-state index in [4.69, 9.17) is 9.47 Å². The molecule has 176 valence electrons. The van der Waals surface area contributed by atoms with Gasteiger partial charge in [0.15, 0.2) is 0 Å². The normalized spacial score (nSPS) is 11.4. The van der Waals surface area contributed by atoms with Crippen LogP contribution in [0.1, 0.15) is 16.7 Å². The van der Waals surface area contributed by atoms with E-state index in [1.54, 1.807) is 20.3 Å². The Labute approximate surface area is 194 Å². The van der Waals surface area contributed by atoms with Gasteiger partial charge < -0.3 is 19.4 Å². The van der Waals surface area contributed by atoms with Crippen LogP contribution in [0.5, 0.6) is 11.5 Å². The summed E-state index contributed by atoms with van der Waals surface area (Å²) in [5, 5.41) is 3.60. The van der Waals surface area contributed by atoms with E-state index in [0.29, 0.717) is 23.7 Å². The van der Waals surface area contributed by atoms with Crippen molar-refractivity contribution >= 4 is 22.5 Å². The second-order valence-corrected chi connectivity index (χ2v) is 7.82. The minimum Gasteiger partial charge on any atom is -0.497 e. The van der Waals surface area contributed by atoms with E-state index in [2.05, 4.69) is 5.32 Å². The zero-order chi connectivity index (χ0) is 24.3. The van der Waals surface area contributed by atoms with Crippen LogP contribution in [0.3, 0.4) is 0 Å². The Morgan fingerprint density at radius 1 is 0.941 bits per heavy atom. The fourth-order valence-corrected chi connectivity index (χ4v) is 3.87. The summed E-state index contributed by atoms with van der Waals surface area (Å²) in [6, 6.07) is 17.8. The molecule has 0 aliphatic rings. The average molecular weight is 468 g/mol. The Morgan fingerprint density at radius 2 is 1.59 bits per heavy atom. The van der Waals surface area contributed by atoms with Crippen LogP contribution in [0, 0.1) is 0 Å². The number of fused-ring (bicyclic) bond motifs is 1. The van der Waals surface area contributed by atoms with Gasteiger partial charge in [-0.15, -0.1) is 0 Å². The number of nitrogens with one attached hydrogen (secondary N) is 1. The predicted molar refractivity (Wildman–Crippen MR) is 124 cm³/mol. The highest BCUT2D eigenvalue weighted by atomic mass is 19.4. The number of alkyl halides is 3. The zero-order valence-corrected chi connectivity index (χ0v) is 18.6. The van der Waals surface area contributed by atoms with Crippen molar-refractivity contribution in [3.63, 3.8) is 0 Å². The minimum absolute atomic E-state index is 0.0793. The van der Waals surface area contributed by atoms with E-state index in [1.807, 2.05) is 47.2 Å². The molecule has 1 heterocycles. The summed E-state index contributed by atoms with van der Waals surface area (Å²) in [6.07, 6.45) is -2.42. The summed E-state index contributed by atoms with van der Waals surface area (Å²) in [5.74, 6) is 1.05. The number of anilines is 1. The molecule has 0 aliphatic heterocycles. The van der Waals surface area contributed by atoms with Gasteiger partial charge in [0, 0.05) is 35.4 Å². The van der Waals surface area contributed by atoms with Crippen LogP contribution in [0.15, 0.2) is 72.9 Å². The van der Waals surface area contributed by atoms with Gasteiger partial charge in [-0.3, -0.25) is 4.79 Å². The predicted octanol–water partition coefficient (Wildman–Crippen LogP) is 5.91. The molecule has 1 N–H and O–H groups in total. The number of carbonyl (C=O) groups excluding carboxylic acids is 1. The van der Waals surface area contributed by atoms with E-state index in [1.165, 1.54) is 12.1 Å². The number of benzene rings is 3. The zero-order valence-electron chi connectivity index (χ0n) is 18.6. The van der Waals surface area contributed by atoms with Crippen molar-refractivity contribution in [2.45, 2.75) is 19.1 Å². The molecule has 5 nitrogen and oxygen atoms in total. The largest absolute Gasteiger partial charge is 0.497 e. The topological polar surface area (TPSA) is 52.5 Å². The van der Waals surface area contributed by atoms with Crippen molar-refractivity contribution in [1.82, 2.24) is 4.57 Å². The quantitative estimate of drug-likeness (QED) is 0.367. The van der Waals surface area contributed by atoms with E-state index >= 15 is 0 Å². The van der Waals surface area contributed by atoms with Crippen LogP contribution < -0.4 is 14.8 Å². The van der Waals surface area contributed by atoms with E-state index in [-0.39, 0.29) is 12.3 Å². The molecule has 0 fully saturated rings. The van der Waals surface area contributed by atoms with Gasteiger partial charge >= 0.3 is 6.18 Å². The molecule has 8 heteroatoms. The monoisotopic (exact) mass is 468 g/mol. The summed E-state index contributed by atoms with van der Waals surface area (Å²) in [6.45, 7) is 0.536. The molecule has 0 spiro atoms. The molecule has 0 bridgehead atoms. The number of halogens is 3. The number of hydrogen-bond acceptors (Lipinski definition) is 3. The first-order valence-electron chi connectivity index (χ1n) is 10.5. The van der Waals surface area contributed by atoms with Crippen molar-refractivity contribution in [3.8, 4) is 11.5 Å². The van der Waals surface area contributed by atoms with Crippen molar-refractivity contribution in [3.05, 3.63) is 89.6 Å². The van der Waals surface area contributed by atoms with Gasteiger partial charge in [-0.05, 0) is 53.6 Å². The summed E-state index contributed by atoms with van der Waals surface area (Å²) >= 11 is 0. The third-order valence-corrected chi connectivity index (χ3v) is 5.48. The van der Waals surface area contributed by atoms with Crippen LogP contribution in [0.2, 0.25) is 0 Å². The smallest absolute Gasteiger partial charge is 0.416 e. The first-order valence-corrected chi connectivity index (χ1v) is 10.5. The molecule has 0 saturated heterocycles. The molecule has 3 aromatic carbocycles. The highest BCUT2D eigenvalue weighted by Crippen LogP contribution is 2.30. The maximum absolute atomic E-state index is 12.8. The molecular weight excluding hydrogens is 445 g/mol. The number of ether oxygens (including phenoxy) is 2. The van der Waals surface area contributed by atoms with E-state index < -0.39 is 11.7 Å². The van der Waals surface area contributed by atoms with Crippen molar-refractivity contribution < 1.29 is 27.4 Å². The van der Waals surface area contributed by atoms with Crippen LogP contribution in [-0.4, -0.2) is 24.7 Å². The number of para-hydroxylation sites is 1. The Balaban J connectivity index is 1.56. The SMILES string of the molecule is COc1cc(Cn2cc(CC(=O)Nc3ccc(C(F)(F)F)cc3)c3ccccc32)cc(OC)c1. The molecule has 0 radical (unpaired) electrons. The van der Waals surface area contributed by atoms with Crippen LogP contribution in [0.25, 0.3) is 10.9 Å².